The lowest BCUT2D eigenvalue weighted by Crippen LogP contribution is -2.30. The van der Waals surface area contributed by atoms with Crippen LogP contribution in [-0.2, 0) is 7.05 Å². The van der Waals surface area contributed by atoms with Crippen LogP contribution in [0.5, 0.6) is 5.88 Å². The molecule has 0 bridgehead atoms. The molecule has 1 saturated heterocycles. The average molecular weight is 333 g/mol. The molecule has 6 heteroatoms. The SMILES string of the molecule is COc1c(C2CCCN2C(=O)c2cc(C)c(C)s2)c(C)nn1C. The van der Waals surface area contributed by atoms with Crippen molar-refractivity contribution in [1.29, 1.82) is 0 Å². The minimum atomic E-state index is 0.0499. The summed E-state index contributed by atoms with van der Waals surface area (Å²) in [5, 5.41) is 4.47. The zero-order valence-corrected chi connectivity index (χ0v) is 15.2. The Labute approximate surface area is 140 Å². The van der Waals surface area contributed by atoms with Gasteiger partial charge in [0.2, 0.25) is 5.88 Å². The second-order valence-corrected chi connectivity index (χ2v) is 7.39. The zero-order valence-electron chi connectivity index (χ0n) is 14.3. The summed E-state index contributed by atoms with van der Waals surface area (Å²) in [4.78, 5) is 17.0. The highest BCUT2D eigenvalue weighted by Gasteiger charge is 2.35. The average Bonchev–Trinajstić information content (AvgIpc) is 3.17. The number of hydrogen-bond donors (Lipinski definition) is 0. The summed E-state index contributed by atoms with van der Waals surface area (Å²) in [5.74, 6) is 0.879. The quantitative estimate of drug-likeness (QED) is 0.865. The van der Waals surface area contributed by atoms with Crippen molar-refractivity contribution in [2.45, 2.75) is 39.7 Å². The van der Waals surface area contributed by atoms with Crippen molar-refractivity contribution in [1.82, 2.24) is 14.7 Å². The van der Waals surface area contributed by atoms with E-state index in [2.05, 4.69) is 18.9 Å². The second-order valence-electron chi connectivity index (χ2n) is 6.14. The molecule has 1 fully saturated rings. The molecule has 0 aliphatic carbocycles. The van der Waals surface area contributed by atoms with E-state index in [1.165, 1.54) is 10.4 Å². The number of ether oxygens (including phenoxy) is 1. The summed E-state index contributed by atoms with van der Waals surface area (Å²) in [5.41, 5.74) is 3.17. The molecule has 124 valence electrons. The molecular weight excluding hydrogens is 310 g/mol. The third kappa shape index (κ3) is 2.65. The lowest BCUT2D eigenvalue weighted by molar-refractivity contribution is 0.0738. The van der Waals surface area contributed by atoms with Crippen molar-refractivity contribution in [3.63, 3.8) is 0 Å². The van der Waals surface area contributed by atoms with E-state index >= 15 is 0 Å². The van der Waals surface area contributed by atoms with E-state index in [1.807, 2.05) is 24.9 Å². The number of thiophene rings is 1. The van der Waals surface area contributed by atoms with E-state index < -0.39 is 0 Å². The van der Waals surface area contributed by atoms with E-state index in [0.29, 0.717) is 0 Å². The largest absolute Gasteiger partial charge is 0.481 e. The minimum absolute atomic E-state index is 0.0499. The Hall–Kier alpha value is -1.82. The molecule has 1 unspecified atom stereocenters. The van der Waals surface area contributed by atoms with Gasteiger partial charge < -0.3 is 9.64 Å². The van der Waals surface area contributed by atoms with Crippen molar-refractivity contribution < 1.29 is 9.53 Å². The maximum Gasteiger partial charge on any atom is 0.264 e. The van der Waals surface area contributed by atoms with E-state index in [1.54, 1.807) is 23.1 Å². The van der Waals surface area contributed by atoms with Crippen molar-refractivity contribution in [2.75, 3.05) is 13.7 Å². The number of rotatable bonds is 3. The predicted octanol–water partition coefficient (Wildman–Crippen LogP) is 3.39. The third-order valence-corrected chi connectivity index (χ3v) is 5.77. The summed E-state index contributed by atoms with van der Waals surface area (Å²) in [6, 6.07) is 2.05. The fourth-order valence-electron chi connectivity index (χ4n) is 3.41. The van der Waals surface area contributed by atoms with Gasteiger partial charge in [-0.15, -0.1) is 11.3 Å². The fourth-order valence-corrected chi connectivity index (χ4v) is 4.40. The van der Waals surface area contributed by atoms with E-state index in [4.69, 9.17) is 4.74 Å². The number of nitrogens with zero attached hydrogens (tertiary/aromatic N) is 3. The normalized spacial score (nSPS) is 17.8. The topological polar surface area (TPSA) is 47.4 Å². The van der Waals surface area contributed by atoms with Gasteiger partial charge in [-0.1, -0.05) is 0 Å². The highest BCUT2D eigenvalue weighted by molar-refractivity contribution is 7.14. The number of likely N-dealkylation sites (tertiary alicyclic amines) is 1. The molecule has 1 aliphatic heterocycles. The molecule has 0 N–H and O–H groups in total. The Balaban J connectivity index is 1.96. The number of methoxy groups -OCH3 is 1. The van der Waals surface area contributed by atoms with Crippen LogP contribution in [0, 0.1) is 20.8 Å². The Morgan fingerprint density at radius 2 is 2.13 bits per heavy atom. The van der Waals surface area contributed by atoms with Crippen LogP contribution < -0.4 is 4.74 Å². The minimum Gasteiger partial charge on any atom is -0.481 e. The van der Waals surface area contributed by atoms with E-state index in [9.17, 15) is 4.79 Å². The van der Waals surface area contributed by atoms with Crippen LogP contribution in [0.4, 0.5) is 0 Å². The van der Waals surface area contributed by atoms with Crippen LogP contribution in [0.2, 0.25) is 0 Å². The molecule has 3 heterocycles. The molecule has 1 atom stereocenters. The van der Waals surface area contributed by atoms with Crippen LogP contribution in [0.1, 0.15) is 50.3 Å². The zero-order chi connectivity index (χ0) is 16.7. The molecule has 2 aromatic rings. The molecule has 1 amide bonds. The van der Waals surface area contributed by atoms with Gasteiger partial charge >= 0.3 is 0 Å². The van der Waals surface area contributed by atoms with Crippen molar-refractivity contribution in [3.8, 4) is 5.88 Å². The smallest absolute Gasteiger partial charge is 0.264 e. The molecule has 0 aromatic carbocycles. The summed E-state index contributed by atoms with van der Waals surface area (Å²) in [7, 11) is 3.54. The molecule has 0 spiro atoms. The molecule has 3 rings (SSSR count). The van der Waals surface area contributed by atoms with Crippen LogP contribution in [0.15, 0.2) is 6.07 Å². The second kappa shape index (κ2) is 6.00. The highest BCUT2D eigenvalue weighted by atomic mass is 32.1. The van der Waals surface area contributed by atoms with E-state index in [-0.39, 0.29) is 11.9 Å². The van der Waals surface area contributed by atoms with Crippen molar-refractivity contribution in [3.05, 3.63) is 32.6 Å². The molecule has 23 heavy (non-hydrogen) atoms. The number of hydrogen-bond acceptors (Lipinski definition) is 4. The summed E-state index contributed by atoms with van der Waals surface area (Å²) in [6.45, 7) is 6.89. The van der Waals surface area contributed by atoms with Crippen molar-refractivity contribution >= 4 is 17.2 Å². The summed E-state index contributed by atoms with van der Waals surface area (Å²) in [6.07, 6.45) is 1.97. The first-order valence-corrected chi connectivity index (χ1v) is 8.71. The lowest BCUT2D eigenvalue weighted by atomic mass is 10.0. The van der Waals surface area contributed by atoms with Gasteiger partial charge in [-0.05, 0) is 45.2 Å². The molecular formula is C17H23N3O2S. The predicted molar refractivity (Wildman–Crippen MR) is 91.3 cm³/mol. The van der Waals surface area contributed by atoms with Crippen LogP contribution in [0.3, 0.4) is 0 Å². The lowest BCUT2D eigenvalue weighted by Gasteiger charge is -2.24. The van der Waals surface area contributed by atoms with E-state index in [0.717, 1.165) is 41.4 Å². The molecule has 2 aromatic heterocycles. The Kier molecular flexibility index (Phi) is 4.19. The maximum atomic E-state index is 13.0. The standard InChI is InChI=1S/C17H23N3O2S/c1-10-9-14(23-12(10)3)16(21)20-8-6-7-13(20)15-11(2)18-19(4)17(15)22-5/h9,13H,6-8H2,1-5H3. The van der Waals surface area contributed by atoms with Crippen LogP contribution >= 0.6 is 11.3 Å². The Morgan fingerprint density at radius 1 is 1.39 bits per heavy atom. The fraction of sp³-hybridized carbons (Fsp3) is 0.529. The van der Waals surface area contributed by atoms with Gasteiger partial charge in [0.1, 0.15) is 0 Å². The van der Waals surface area contributed by atoms with Gasteiger partial charge in [-0.25, -0.2) is 4.68 Å². The van der Waals surface area contributed by atoms with Gasteiger partial charge in [0.15, 0.2) is 0 Å². The third-order valence-electron chi connectivity index (χ3n) is 4.63. The van der Waals surface area contributed by atoms with Gasteiger partial charge in [0.05, 0.1) is 29.3 Å². The van der Waals surface area contributed by atoms with Crippen LogP contribution in [0.25, 0.3) is 0 Å². The first-order valence-electron chi connectivity index (χ1n) is 7.89. The van der Waals surface area contributed by atoms with Gasteiger partial charge in [0, 0.05) is 18.5 Å². The summed E-state index contributed by atoms with van der Waals surface area (Å²) >= 11 is 1.58. The molecule has 0 radical (unpaired) electrons. The highest BCUT2D eigenvalue weighted by Crippen LogP contribution is 2.40. The number of aromatic nitrogens is 2. The number of aryl methyl sites for hydroxylation is 4. The number of carbonyl (C=O) groups is 1. The Morgan fingerprint density at radius 3 is 2.74 bits per heavy atom. The first-order chi connectivity index (χ1) is 10.9. The van der Waals surface area contributed by atoms with Gasteiger partial charge in [0.25, 0.3) is 5.91 Å². The molecule has 1 aliphatic rings. The number of amides is 1. The summed E-state index contributed by atoms with van der Waals surface area (Å²) < 4.78 is 7.29. The maximum absolute atomic E-state index is 13.0. The van der Waals surface area contributed by atoms with Crippen molar-refractivity contribution in [2.24, 2.45) is 7.05 Å². The van der Waals surface area contributed by atoms with Gasteiger partial charge in [-0.2, -0.15) is 5.10 Å². The Bertz CT molecular complexity index is 728. The molecule has 0 saturated carbocycles. The first kappa shape index (κ1) is 16.1. The van der Waals surface area contributed by atoms with Crippen LogP contribution in [-0.4, -0.2) is 34.2 Å². The van der Waals surface area contributed by atoms with Gasteiger partial charge in [-0.3, -0.25) is 4.79 Å². The number of carbonyl (C=O) groups excluding carboxylic acids is 1. The monoisotopic (exact) mass is 333 g/mol. The molecule has 5 nitrogen and oxygen atoms in total.